The van der Waals surface area contributed by atoms with E-state index in [0.29, 0.717) is 15.6 Å². The van der Waals surface area contributed by atoms with Gasteiger partial charge in [-0.1, -0.05) is 17.2 Å². The maximum atomic E-state index is 12.5. The summed E-state index contributed by atoms with van der Waals surface area (Å²) in [6, 6.07) is 10.9. The third kappa shape index (κ3) is 2.97. The van der Waals surface area contributed by atoms with Gasteiger partial charge in [-0.05, 0) is 42.8 Å². The zero-order valence-electron chi connectivity index (χ0n) is 14.4. The molecular formula is C19H12N2O6S. The van der Waals surface area contributed by atoms with Crippen molar-refractivity contribution in [3.8, 4) is 0 Å². The first-order chi connectivity index (χ1) is 13.5. The number of carbonyl (C=O) groups excluding carboxylic acids is 4. The number of fused-ring (bicyclic) bond motifs is 1. The molecule has 3 aromatic rings. The second kappa shape index (κ2) is 6.78. The lowest BCUT2D eigenvalue weighted by Crippen LogP contribution is -2.32. The molecule has 0 fully saturated rings. The predicted octanol–water partition coefficient (Wildman–Crippen LogP) is 3.27. The summed E-state index contributed by atoms with van der Waals surface area (Å²) in [7, 11) is 0. The largest absolute Gasteiger partial charge is 0.459 e. The standard InChI is InChI=1S/C19H12N2O6S/c1-10-9-14(20-16(22)13-7-4-8-26-13)28-15(10)19(25)27-21-17(23)11-5-2-3-6-12(11)18(21)24/h2-9H,1H3,(H,20,22). The number of hydrogen-bond acceptors (Lipinski definition) is 7. The van der Waals surface area contributed by atoms with E-state index in [1.54, 1.807) is 31.2 Å². The van der Waals surface area contributed by atoms with Crippen LogP contribution in [0.4, 0.5) is 5.00 Å². The summed E-state index contributed by atoms with van der Waals surface area (Å²) in [4.78, 5) is 54.4. The average molecular weight is 396 g/mol. The van der Waals surface area contributed by atoms with Crippen molar-refractivity contribution in [2.24, 2.45) is 0 Å². The van der Waals surface area contributed by atoms with Gasteiger partial charge in [0.25, 0.3) is 17.7 Å². The van der Waals surface area contributed by atoms with E-state index in [1.165, 1.54) is 24.5 Å². The van der Waals surface area contributed by atoms with Crippen LogP contribution in [0, 0.1) is 6.92 Å². The van der Waals surface area contributed by atoms with Crippen LogP contribution in [0.2, 0.25) is 0 Å². The molecule has 0 saturated heterocycles. The Morgan fingerprint density at radius 3 is 2.36 bits per heavy atom. The van der Waals surface area contributed by atoms with E-state index < -0.39 is 23.7 Å². The van der Waals surface area contributed by atoms with Crippen molar-refractivity contribution in [3.63, 3.8) is 0 Å². The number of imide groups is 1. The Balaban J connectivity index is 1.50. The van der Waals surface area contributed by atoms with Crippen LogP contribution in [0.5, 0.6) is 0 Å². The third-order valence-electron chi connectivity index (χ3n) is 4.02. The predicted molar refractivity (Wildman–Crippen MR) is 98.1 cm³/mol. The van der Waals surface area contributed by atoms with Gasteiger partial charge in [-0.25, -0.2) is 4.79 Å². The Morgan fingerprint density at radius 2 is 1.75 bits per heavy atom. The number of hydrogen-bond donors (Lipinski definition) is 1. The van der Waals surface area contributed by atoms with Crippen LogP contribution in [-0.4, -0.2) is 28.8 Å². The number of amides is 3. The van der Waals surface area contributed by atoms with Crippen molar-refractivity contribution < 1.29 is 28.4 Å². The van der Waals surface area contributed by atoms with Gasteiger partial charge in [-0.3, -0.25) is 14.4 Å². The fraction of sp³-hybridized carbons (Fsp3) is 0.0526. The van der Waals surface area contributed by atoms with Crippen molar-refractivity contribution in [1.82, 2.24) is 5.06 Å². The van der Waals surface area contributed by atoms with Crippen molar-refractivity contribution >= 4 is 40.0 Å². The van der Waals surface area contributed by atoms with Crippen LogP contribution >= 0.6 is 11.3 Å². The molecule has 0 atom stereocenters. The van der Waals surface area contributed by atoms with E-state index in [2.05, 4.69) is 5.32 Å². The molecular weight excluding hydrogens is 384 g/mol. The number of nitrogens with one attached hydrogen (secondary N) is 1. The number of hydroxylamine groups is 2. The molecule has 3 amide bonds. The summed E-state index contributed by atoms with van der Waals surface area (Å²) in [6.07, 6.45) is 1.37. The Kier molecular flexibility index (Phi) is 4.28. The van der Waals surface area contributed by atoms with Crippen LogP contribution < -0.4 is 5.32 Å². The Labute approximate surface area is 162 Å². The van der Waals surface area contributed by atoms with Crippen molar-refractivity contribution in [2.45, 2.75) is 6.92 Å². The van der Waals surface area contributed by atoms with Gasteiger partial charge in [0.05, 0.1) is 22.4 Å². The van der Waals surface area contributed by atoms with E-state index in [1.807, 2.05) is 0 Å². The molecule has 0 spiro atoms. The van der Waals surface area contributed by atoms with Crippen molar-refractivity contribution in [1.29, 1.82) is 0 Å². The van der Waals surface area contributed by atoms with Crippen LogP contribution in [0.25, 0.3) is 0 Å². The van der Waals surface area contributed by atoms with Gasteiger partial charge in [-0.2, -0.15) is 0 Å². The molecule has 1 aliphatic heterocycles. The molecule has 0 radical (unpaired) electrons. The average Bonchev–Trinajstić information content (AvgIpc) is 3.39. The minimum Gasteiger partial charge on any atom is -0.459 e. The normalized spacial score (nSPS) is 12.8. The van der Waals surface area contributed by atoms with E-state index >= 15 is 0 Å². The number of rotatable bonds is 4. The second-order valence-corrected chi connectivity index (χ2v) is 6.94. The first-order valence-corrected chi connectivity index (χ1v) is 8.93. The minimum absolute atomic E-state index is 0.126. The molecule has 0 bridgehead atoms. The molecule has 3 heterocycles. The summed E-state index contributed by atoms with van der Waals surface area (Å²) in [6.45, 7) is 1.65. The fourth-order valence-corrected chi connectivity index (χ4v) is 3.64. The van der Waals surface area contributed by atoms with Gasteiger partial charge in [0.1, 0.15) is 4.88 Å². The molecule has 8 nitrogen and oxygen atoms in total. The molecule has 28 heavy (non-hydrogen) atoms. The summed E-state index contributed by atoms with van der Waals surface area (Å²) in [5.41, 5.74) is 0.880. The summed E-state index contributed by atoms with van der Waals surface area (Å²) >= 11 is 0.965. The van der Waals surface area contributed by atoms with Crippen LogP contribution in [-0.2, 0) is 4.84 Å². The van der Waals surface area contributed by atoms with Gasteiger partial charge in [0.15, 0.2) is 5.76 Å². The maximum Gasteiger partial charge on any atom is 0.374 e. The first-order valence-electron chi connectivity index (χ1n) is 8.11. The van der Waals surface area contributed by atoms with Gasteiger partial charge in [0.2, 0.25) is 0 Å². The highest BCUT2D eigenvalue weighted by Gasteiger charge is 2.39. The summed E-state index contributed by atoms with van der Waals surface area (Å²) < 4.78 is 5.01. The van der Waals surface area contributed by atoms with Crippen molar-refractivity contribution in [2.75, 3.05) is 5.32 Å². The topological polar surface area (TPSA) is 106 Å². The lowest BCUT2D eigenvalue weighted by molar-refractivity contribution is -0.0581. The highest BCUT2D eigenvalue weighted by atomic mass is 32.1. The van der Waals surface area contributed by atoms with Gasteiger partial charge < -0.3 is 14.6 Å². The molecule has 1 aromatic carbocycles. The molecule has 1 aliphatic rings. The minimum atomic E-state index is -0.865. The van der Waals surface area contributed by atoms with Gasteiger partial charge >= 0.3 is 5.97 Å². The molecule has 9 heteroatoms. The number of thiophene rings is 1. The number of nitrogens with zero attached hydrogens (tertiary/aromatic N) is 1. The number of benzene rings is 1. The number of anilines is 1. The van der Waals surface area contributed by atoms with Crippen LogP contribution in [0.3, 0.4) is 0 Å². The van der Waals surface area contributed by atoms with E-state index in [4.69, 9.17) is 9.25 Å². The third-order valence-corrected chi connectivity index (χ3v) is 5.15. The lowest BCUT2D eigenvalue weighted by Gasteiger charge is -2.12. The Bertz CT molecular complexity index is 1080. The van der Waals surface area contributed by atoms with Crippen LogP contribution in [0.15, 0.2) is 53.1 Å². The van der Waals surface area contributed by atoms with Crippen LogP contribution in [0.1, 0.15) is 46.5 Å². The summed E-state index contributed by atoms with van der Waals surface area (Å²) in [5.74, 6) is -2.60. The second-order valence-electron chi connectivity index (χ2n) is 5.88. The maximum absolute atomic E-state index is 12.5. The molecule has 0 aliphatic carbocycles. The zero-order chi connectivity index (χ0) is 19.8. The molecule has 0 saturated carbocycles. The molecule has 4 rings (SSSR count). The fourth-order valence-electron chi connectivity index (χ4n) is 2.70. The quantitative estimate of drug-likeness (QED) is 0.679. The van der Waals surface area contributed by atoms with Crippen molar-refractivity contribution in [3.05, 3.63) is 76.1 Å². The SMILES string of the molecule is Cc1cc(NC(=O)c2ccco2)sc1C(=O)ON1C(=O)c2ccccc2C1=O. The highest BCUT2D eigenvalue weighted by Crippen LogP contribution is 2.29. The zero-order valence-corrected chi connectivity index (χ0v) is 15.2. The van der Waals surface area contributed by atoms with E-state index in [9.17, 15) is 19.2 Å². The molecule has 2 aromatic heterocycles. The highest BCUT2D eigenvalue weighted by molar-refractivity contribution is 7.18. The molecule has 1 N–H and O–H groups in total. The number of furan rings is 1. The van der Waals surface area contributed by atoms with E-state index in [0.717, 1.165) is 11.3 Å². The molecule has 0 unspecified atom stereocenters. The smallest absolute Gasteiger partial charge is 0.374 e. The number of aryl methyl sites for hydroxylation is 1. The Hall–Kier alpha value is -3.72. The lowest BCUT2D eigenvalue weighted by atomic mass is 10.1. The van der Waals surface area contributed by atoms with Gasteiger partial charge in [-0.15, -0.1) is 11.3 Å². The first kappa shape index (κ1) is 17.7. The van der Waals surface area contributed by atoms with E-state index in [-0.39, 0.29) is 21.8 Å². The monoisotopic (exact) mass is 396 g/mol. The summed E-state index contributed by atoms with van der Waals surface area (Å²) in [5, 5.41) is 3.46. The molecule has 140 valence electrons. The number of carbonyl (C=O) groups is 4. The van der Waals surface area contributed by atoms with Gasteiger partial charge in [0, 0.05) is 0 Å². The Morgan fingerprint density at radius 1 is 1.07 bits per heavy atom.